The summed E-state index contributed by atoms with van der Waals surface area (Å²) in [6.45, 7) is 4.13. The van der Waals surface area contributed by atoms with Crippen LogP contribution in [-0.2, 0) is 11.2 Å². The maximum atomic E-state index is 13.2. The monoisotopic (exact) mass is 423 g/mol. The normalized spacial score (nSPS) is 17.7. The number of benzene rings is 2. The molecular formula is C22H25N5O2S. The van der Waals surface area contributed by atoms with E-state index in [1.54, 1.807) is 7.11 Å². The van der Waals surface area contributed by atoms with Gasteiger partial charge in [-0.15, -0.1) is 10.2 Å². The minimum atomic E-state index is -0.411. The van der Waals surface area contributed by atoms with E-state index >= 15 is 0 Å². The van der Waals surface area contributed by atoms with E-state index in [0.717, 1.165) is 41.2 Å². The molecule has 2 heterocycles. The van der Waals surface area contributed by atoms with Crippen molar-refractivity contribution in [3.63, 3.8) is 0 Å². The molecule has 2 aromatic carbocycles. The average Bonchev–Trinajstić information content (AvgIpc) is 3.16. The van der Waals surface area contributed by atoms with Gasteiger partial charge >= 0.3 is 0 Å². The summed E-state index contributed by atoms with van der Waals surface area (Å²) in [5.74, 6) is 1.57. The molecule has 1 aliphatic heterocycles. The third-order valence-electron chi connectivity index (χ3n) is 5.03. The van der Waals surface area contributed by atoms with E-state index in [1.807, 2.05) is 60.1 Å². The quantitative estimate of drug-likeness (QED) is 0.625. The fraction of sp³-hybridized carbons (Fsp3) is 0.318. The number of amides is 1. The van der Waals surface area contributed by atoms with Crippen molar-refractivity contribution in [3.8, 4) is 5.75 Å². The smallest absolute Gasteiger partial charge is 0.240 e. The Morgan fingerprint density at radius 2 is 1.90 bits per heavy atom. The van der Waals surface area contributed by atoms with E-state index in [-0.39, 0.29) is 11.9 Å². The van der Waals surface area contributed by atoms with E-state index in [1.165, 1.54) is 11.8 Å². The van der Waals surface area contributed by atoms with Crippen LogP contribution in [0.15, 0.2) is 53.7 Å². The fourth-order valence-corrected chi connectivity index (χ4v) is 4.49. The molecule has 1 aliphatic rings. The van der Waals surface area contributed by atoms with Crippen molar-refractivity contribution in [2.45, 2.75) is 43.1 Å². The van der Waals surface area contributed by atoms with Crippen LogP contribution in [-0.4, -0.2) is 33.1 Å². The van der Waals surface area contributed by atoms with Crippen LogP contribution in [0.25, 0.3) is 0 Å². The van der Waals surface area contributed by atoms with Crippen LogP contribution in [0.3, 0.4) is 0 Å². The first-order valence-electron chi connectivity index (χ1n) is 9.98. The van der Waals surface area contributed by atoms with Gasteiger partial charge < -0.3 is 15.5 Å². The molecule has 0 unspecified atom stereocenters. The number of carbonyl (C=O) groups excluding carboxylic acids is 1. The van der Waals surface area contributed by atoms with E-state index in [0.29, 0.717) is 5.16 Å². The Morgan fingerprint density at radius 3 is 2.57 bits per heavy atom. The summed E-state index contributed by atoms with van der Waals surface area (Å²) in [6, 6.07) is 15.3. The first kappa shape index (κ1) is 20.3. The Hall–Kier alpha value is -3.00. The molecular weight excluding hydrogens is 398 g/mol. The molecule has 0 fully saturated rings. The number of thioether (sulfide) groups is 1. The number of fused-ring (bicyclic) bond motifs is 1. The molecule has 0 saturated heterocycles. The largest absolute Gasteiger partial charge is 0.497 e. The Balaban J connectivity index is 1.65. The van der Waals surface area contributed by atoms with Crippen LogP contribution in [0.4, 0.5) is 5.69 Å². The number of ether oxygens (including phenoxy) is 1. The zero-order valence-corrected chi connectivity index (χ0v) is 18.1. The lowest BCUT2D eigenvalue weighted by Crippen LogP contribution is -2.41. The number of methoxy groups -OCH3 is 1. The lowest BCUT2D eigenvalue weighted by atomic mass is 10.0. The first-order chi connectivity index (χ1) is 14.6. The maximum Gasteiger partial charge on any atom is 0.240 e. The van der Waals surface area contributed by atoms with Crippen molar-refractivity contribution in [1.29, 1.82) is 0 Å². The SMILES string of the molecule is CCCc1nnc2n1N[C@H](c1ccc(OC)cc1)[C@H](C(=O)Nc1ccc(C)cc1)S2. The van der Waals surface area contributed by atoms with Crippen LogP contribution in [0.2, 0.25) is 0 Å². The second-order valence-electron chi connectivity index (χ2n) is 7.26. The zero-order valence-electron chi connectivity index (χ0n) is 17.3. The van der Waals surface area contributed by atoms with Crippen LogP contribution in [0.1, 0.15) is 36.3 Å². The van der Waals surface area contributed by atoms with Crippen LogP contribution < -0.4 is 15.5 Å². The van der Waals surface area contributed by atoms with Gasteiger partial charge in [0, 0.05) is 12.1 Å². The van der Waals surface area contributed by atoms with Crippen molar-refractivity contribution in [3.05, 3.63) is 65.5 Å². The number of hydrogen-bond donors (Lipinski definition) is 2. The van der Waals surface area contributed by atoms with E-state index in [4.69, 9.17) is 4.74 Å². The Morgan fingerprint density at radius 1 is 1.17 bits per heavy atom. The maximum absolute atomic E-state index is 13.2. The number of nitrogens with zero attached hydrogens (tertiary/aromatic N) is 3. The predicted octanol–water partition coefficient (Wildman–Crippen LogP) is 3.95. The molecule has 1 amide bonds. The molecule has 0 aliphatic carbocycles. The standard InChI is InChI=1S/C22H25N5O2S/c1-4-5-18-24-25-22-27(18)26-19(15-8-12-17(29-3)13-9-15)20(30-22)21(28)23-16-10-6-14(2)7-11-16/h6-13,19-20,26H,4-5H2,1-3H3,(H,23,28)/t19-,20-/m1/s1. The van der Waals surface area contributed by atoms with Crippen LogP contribution in [0, 0.1) is 6.92 Å². The van der Waals surface area contributed by atoms with Gasteiger partial charge in [-0.25, -0.2) is 4.68 Å². The molecule has 2 N–H and O–H groups in total. The number of hydrogen-bond acceptors (Lipinski definition) is 6. The van der Waals surface area contributed by atoms with Gasteiger partial charge in [0.25, 0.3) is 0 Å². The molecule has 0 spiro atoms. The average molecular weight is 424 g/mol. The highest BCUT2D eigenvalue weighted by Crippen LogP contribution is 2.38. The van der Waals surface area contributed by atoms with Crippen LogP contribution in [0.5, 0.6) is 5.75 Å². The zero-order chi connectivity index (χ0) is 21.1. The van der Waals surface area contributed by atoms with Gasteiger partial charge in [-0.2, -0.15) is 0 Å². The lowest BCUT2D eigenvalue weighted by Gasteiger charge is -2.33. The third kappa shape index (κ3) is 4.14. The highest BCUT2D eigenvalue weighted by atomic mass is 32.2. The number of nitrogens with one attached hydrogen (secondary N) is 2. The molecule has 0 saturated carbocycles. The summed E-state index contributed by atoms with van der Waals surface area (Å²) >= 11 is 1.43. The Kier molecular flexibility index (Phi) is 5.94. The number of aromatic nitrogens is 3. The molecule has 30 heavy (non-hydrogen) atoms. The molecule has 8 heteroatoms. The van der Waals surface area contributed by atoms with Gasteiger partial charge in [0.15, 0.2) is 5.82 Å². The van der Waals surface area contributed by atoms with Gasteiger partial charge in [0.1, 0.15) is 11.0 Å². The van der Waals surface area contributed by atoms with Crippen molar-refractivity contribution < 1.29 is 9.53 Å². The molecule has 3 aromatic rings. The minimum Gasteiger partial charge on any atom is -0.497 e. The second kappa shape index (κ2) is 8.79. The molecule has 0 bridgehead atoms. The molecule has 7 nitrogen and oxygen atoms in total. The number of aryl methyl sites for hydroxylation is 2. The van der Waals surface area contributed by atoms with Gasteiger partial charge in [0.05, 0.1) is 13.2 Å². The van der Waals surface area contributed by atoms with E-state index < -0.39 is 5.25 Å². The van der Waals surface area contributed by atoms with Crippen molar-refractivity contribution in [1.82, 2.24) is 14.9 Å². The summed E-state index contributed by atoms with van der Waals surface area (Å²) in [5, 5.41) is 11.9. The summed E-state index contributed by atoms with van der Waals surface area (Å²) in [4.78, 5) is 13.2. The van der Waals surface area contributed by atoms with Gasteiger partial charge in [-0.3, -0.25) is 4.79 Å². The highest BCUT2D eigenvalue weighted by molar-refractivity contribution is 8.00. The molecule has 2 atom stereocenters. The first-order valence-corrected chi connectivity index (χ1v) is 10.9. The van der Waals surface area contributed by atoms with Gasteiger partial charge in [-0.05, 0) is 43.2 Å². The van der Waals surface area contributed by atoms with Crippen LogP contribution >= 0.6 is 11.8 Å². The van der Waals surface area contributed by atoms with Crippen molar-refractivity contribution in [2.24, 2.45) is 0 Å². The number of rotatable bonds is 6. The van der Waals surface area contributed by atoms with Gasteiger partial charge in [-0.1, -0.05) is 48.5 Å². The molecule has 1 aromatic heterocycles. The summed E-state index contributed by atoms with van der Waals surface area (Å²) in [6.07, 6.45) is 1.78. The Labute approximate surface area is 180 Å². The molecule has 4 rings (SSSR count). The summed E-state index contributed by atoms with van der Waals surface area (Å²) < 4.78 is 7.20. The van der Waals surface area contributed by atoms with E-state index in [2.05, 4.69) is 27.9 Å². The third-order valence-corrected chi connectivity index (χ3v) is 6.24. The second-order valence-corrected chi connectivity index (χ2v) is 8.37. The van der Waals surface area contributed by atoms with Gasteiger partial charge in [0.2, 0.25) is 11.1 Å². The predicted molar refractivity (Wildman–Crippen MR) is 119 cm³/mol. The number of anilines is 1. The topological polar surface area (TPSA) is 81.1 Å². The molecule has 156 valence electrons. The Bertz CT molecular complexity index is 1020. The fourth-order valence-electron chi connectivity index (χ4n) is 3.40. The van der Waals surface area contributed by atoms with Crippen molar-refractivity contribution in [2.75, 3.05) is 17.9 Å². The molecule has 0 radical (unpaired) electrons. The van der Waals surface area contributed by atoms with Crippen molar-refractivity contribution >= 4 is 23.4 Å². The number of carbonyl (C=O) groups is 1. The minimum absolute atomic E-state index is 0.0801. The lowest BCUT2D eigenvalue weighted by molar-refractivity contribution is -0.116. The highest BCUT2D eigenvalue weighted by Gasteiger charge is 2.37. The summed E-state index contributed by atoms with van der Waals surface area (Å²) in [5.41, 5.74) is 6.40. The summed E-state index contributed by atoms with van der Waals surface area (Å²) in [7, 11) is 1.64. The van der Waals surface area contributed by atoms with E-state index in [9.17, 15) is 4.79 Å².